The van der Waals surface area contributed by atoms with Crippen LogP contribution in [0.4, 0.5) is 0 Å². The van der Waals surface area contributed by atoms with Gasteiger partial charge in [0, 0.05) is 11.8 Å². The minimum absolute atomic E-state index is 0.0366. The van der Waals surface area contributed by atoms with Gasteiger partial charge < -0.3 is 5.11 Å². The van der Waals surface area contributed by atoms with Gasteiger partial charge in [-0.3, -0.25) is 4.79 Å². The molecule has 0 radical (unpaired) electrons. The van der Waals surface area contributed by atoms with Crippen molar-refractivity contribution in [1.29, 1.82) is 0 Å². The normalized spacial score (nSPS) is 16.5. The number of hydrogen-bond acceptors (Lipinski definition) is 2. The Labute approximate surface area is 68.6 Å². The summed E-state index contributed by atoms with van der Waals surface area (Å²) < 4.78 is 0. The SMILES string of the molecule is CCC(C(=O)C(C)C)C(C)O. The van der Waals surface area contributed by atoms with Crippen LogP contribution in [0.5, 0.6) is 0 Å². The van der Waals surface area contributed by atoms with Gasteiger partial charge in [0.2, 0.25) is 0 Å². The Kier molecular flexibility index (Phi) is 4.34. The highest BCUT2D eigenvalue weighted by molar-refractivity contribution is 5.83. The molecular formula is C9H18O2. The first-order valence-corrected chi connectivity index (χ1v) is 4.22. The summed E-state index contributed by atoms with van der Waals surface area (Å²) in [7, 11) is 0. The predicted octanol–water partition coefficient (Wildman–Crippen LogP) is 1.62. The van der Waals surface area contributed by atoms with Crippen LogP contribution in [0.3, 0.4) is 0 Å². The van der Waals surface area contributed by atoms with Gasteiger partial charge in [0.15, 0.2) is 0 Å². The third-order valence-electron chi connectivity index (χ3n) is 1.96. The second-order valence-electron chi connectivity index (χ2n) is 3.31. The van der Waals surface area contributed by atoms with Crippen LogP contribution in [0.25, 0.3) is 0 Å². The van der Waals surface area contributed by atoms with Crippen LogP contribution in [-0.4, -0.2) is 17.0 Å². The molecule has 66 valence electrons. The quantitative estimate of drug-likeness (QED) is 0.675. The van der Waals surface area contributed by atoms with E-state index >= 15 is 0 Å². The average molecular weight is 158 g/mol. The summed E-state index contributed by atoms with van der Waals surface area (Å²) in [5.74, 6) is 0.0343. The third-order valence-corrected chi connectivity index (χ3v) is 1.96. The van der Waals surface area contributed by atoms with E-state index in [4.69, 9.17) is 0 Å². The molecule has 0 aromatic heterocycles. The van der Waals surface area contributed by atoms with Gasteiger partial charge in [-0.2, -0.15) is 0 Å². The second kappa shape index (κ2) is 4.50. The highest BCUT2D eigenvalue weighted by atomic mass is 16.3. The average Bonchev–Trinajstić information content (AvgIpc) is 1.88. The zero-order valence-corrected chi connectivity index (χ0v) is 7.79. The third kappa shape index (κ3) is 3.02. The van der Waals surface area contributed by atoms with E-state index in [2.05, 4.69) is 0 Å². The van der Waals surface area contributed by atoms with E-state index in [1.807, 2.05) is 20.8 Å². The molecule has 0 spiro atoms. The van der Waals surface area contributed by atoms with E-state index in [-0.39, 0.29) is 17.6 Å². The maximum Gasteiger partial charge on any atom is 0.141 e. The molecule has 2 unspecified atom stereocenters. The minimum Gasteiger partial charge on any atom is -0.393 e. The summed E-state index contributed by atoms with van der Waals surface area (Å²) in [6.07, 6.45) is 0.226. The van der Waals surface area contributed by atoms with E-state index in [1.165, 1.54) is 0 Å². The Morgan fingerprint density at radius 3 is 1.91 bits per heavy atom. The van der Waals surface area contributed by atoms with E-state index in [0.717, 1.165) is 6.42 Å². The van der Waals surface area contributed by atoms with Crippen LogP contribution in [0.2, 0.25) is 0 Å². The van der Waals surface area contributed by atoms with Crippen molar-refractivity contribution < 1.29 is 9.90 Å². The molecule has 0 saturated carbocycles. The molecule has 1 N–H and O–H groups in total. The molecule has 0 bridgehead atoms. The molecule has 0 amide bonds. The molecule has 0 fully saturated rings. The number of aliphatic hydroxyl groups excluding tert-OH is 1. The fourth-order valence-corrected chi connectivity index (χ4v) is 1.21. The Bertz CT molecular complexity index is 128. The van der Waals surface area contributed by atoms with Crippen LogP contribution in [0, 0.1) is 11.8 Å². The standard InChI is InChI=1S/C9H18O2/c1-5-8(7(4)10)9(11)6(2)3/h6-8,10H,5H2,1-4H3. The van der Waals surface area contributed by atoms with Crippen molar-refractivity contribution in [3.8, 4) is 0 Å². The predicted molar refractivity (Wildman–Crippen MR) is 45.3 cm³/mol. The number of carbonyl (C=O) groups is 1. The van der Waals surface area contributed by atoms with Crippen LogP contribution in [0.1, 0.15) is 34.1 Å². The zero-order chi connectivity index (χ0) is 9.02. The molecule has 2 nitrogen and oxygen atoms in total. The van der Waals surface area contributed by atoms with Gasteiger partial charge >= 0.3 is 0 Å². The van der Waals surface area contributed by atoms with Crippen molar-refractivity contribution in [2.75, 3.05) is 0 Å². The van der Waals surface area contributed by atoms with Crippen molar-refractivity contribution >= 4 is 5.78 Å². The Morgan fingerprint density at radius 1 is 1.36 bits per heavy atom. The van der Waals surface area contributed by atoms with E-state index in [9.17, 15) is 9.90 Å². The van der Waals surface area contributed by atoms with Gasteiger partial charge in [-0.25, -0.2) is 0 Å². The lowest BCUT2D eigenvalue weighted by Gasteiger charge is -2.18. The van der Waals surface area contributed by atoms with Crippen LogP contribution >= 0.6 is 0 Å². The van der Waals surface area contributed by atoms with Gasteiger partial charge in [-0.15, -0.1) is 0 Å². The maximum absolute atomic E-state index is 11.4. The lowest BCUT2D eigenvalue weighted by molar-refractivity contribution is -0.129. The Balaban J connectivity index is 4.15. The van der Waals surface area contributed by atoms with Crippen LogP contribution in [0.15, 0.2) is 0 Å². The summed E-state index contributed by atoms with van der Waals surface area (Å²) in [6, 6.07) is 0. The first-order chi connectivity index (χ1) is 5.00. The van der Waals surface area contributed by atoms with Gasteiger partial charge in [-0.1, -0.05) is 20.8 Å². The number of ketones is 1. The first-order valence-electron chi connectivity index (χ1n) is 4.22. The van der Waals surface area contributed by atoms with Crippen LogP contribution in [-0.2, 0) is 4.79 Å². The minimum atomic E-state index is -0.505. The monoisotopic (exact) mass is 158 g/mol. The maximum atomic E-state index is 11.4. The van der Waals surface area contributed by atoms with Crippen molar-refractivity contribution in [2.45, 2.75) is 40.2 Å². The van der Waals surface area contributed by atoms with Gasteiger partial charge in [0.05, 0.1) is 6.10 Å². The number of rotatable bonds is 4. The fourth-order valence-electron chi connectivity index (χ4n) is 1.21. The zero-order valence-electron chi connectivity index (χ0n) is 7.79. The summed E-state index contributed by atoms with van der Waals surface area (Å²) >= 11 is 0. The fraction of sp³-hybridized carbons (Fsp3) is 0.889. The summed E-state index contributed by atoms with van der Waals surface area (Å²) in [5, 5.41) is 9.21. The molecule has 0 aliphatic carbocycles. The Hall–Kier alpha value is -0.370. The lowest BCUT2D eigenvalue weighted by atomic mass is 9.89. The molecule has 0 saturated heterocycles. The van der Waals surface area contributed by atoms with Gasteiger partial charge in [0.25, 0.3) is 0 Å². The molecular weight excluding hydrogens is 140 g/mol. The highest BCUT2D eigenvalue weighted by Crippen LogP contribution is 2.14. The van der Waals surface area contributed by atoms with Crippen molar-refractivity contribution in [2.24, 2.45) is 11.8 Å². The lowest BCUT2D eigenvalue weighted by Crippen LogP contribution is -2.28. The molecule has 2 heteroatoms. The molecule has 2 atom stereocenters. The van der Waals surface area contributed by atoms with E-state index in [0.29, 0.717) is 0 Å². The van der Waals surface area contributed by atoms with E-state index in [1.54, 1.807) is 6.92 Å². The van der Waals surface area contributed by atoms with Crippen molar-refractivity contribution in [1.82, 2.24) is 0 Å². The first kappa shape index (κ1) is 10.6. The molecule has 0 aromatic carbocycles. The number of hydrogen-bond donors (Lipinski definition) is 1. The number of Topliss-reactive ketones (excluding diaryl/α,β-unsaturated/α-hetero) is 1. The van der Waals surface area contributed by atoms with Crippen LogP contribution < -0.4 is 0 Å². The summed E-state index contributed by atoms with van der Waals surface area (Å²) in [4.78, 5) is 11.4. The molecule has 0 aromatic rings. The number of aliphatic hydroxyl groups is 1. The summed E-state index contributed by atoms with van der Waals surface area (Å²) in [5.41, 5.74) is 0. The van der Waals surface area contributed by atoms with E-state index < -0.39 is 6.10 Å². The topological polar surface area (TPSA) is 37.3 Å². The Morgan fingerprint density at radius 2 is 1.82 bits per heavy atom. The molecule has 0 heterocycles. The highest BCUT2D eigenvalue weighted by Gasteiger charge is 2.23. The largest absolute Gasteiger partial charge is 0.393 e. The van der Waals surface area contributed by atoms with Gasteiger partial charge in [-0.05, 0) is 13.3 Å². The van der Waals surface area contributed by atoms with Crippen molar-refractivity contribution in [3.05, 3.63) is 0 Å². The second-order valence-corrected chi connectivity index (χ2v) is 3.31. The molecule has 11 heavy (non-hydrogen) atoms. The van der Waals surface area contributed by atoms with Crippen molar-refractivity contribution in [3.63, 3.8) is 0 Å². The molecule has 0 aliphatic rings. The summed E-state index contributed by atoms with van der Waals surface area (Å²) in [6.45, 7) is 7.34. The smallest absolute Gasteiger partial charge is 0.141 e. The molecule has 0 rings (SSSR count). The number of carbonyl (C=O) groups excluding carboxylic acids is 1. The van der Waals surface area contributed by atoms with Gasteiger partial charge in [0.1, 0.15) is 5.78 Å². The molecule has 0 aliphatic heterocycles.